The molecular weight excluding hydrogens is 399 g/mol. The first-order valence-corrected chi connectivity index (χ1v) is 10.1. The number of carbonyl (C=O) groups is 1. The zero-order chi connectivity index (χ0) is 22.0. The summed E-state index contributed by atoms with van der Waals surface area (Å²) in [6, 6.07) is 8.63. The molecule has 1 aliphatic rings. The number of aromatic nitrogens is 4. The van der Waals surface area contributed by atoms with Crippen molar-refractivity contribution in [2.24, 2.45) is 0 Å². The van der Waals surface area contributed by atoms with E-state index in [-0.39, 0.29) is 18.3 Å². The smallest absolute Gasteiger partial charge is 0.244 e. The van der Waals surface area contributed by atoms with E-state index in [1.807, 2.05) is 17.9 Å². The molecule has 31 heavy (non-hydrogen) atoms. The molecule has 162 valence electrons. The van der Waals surface area contributed by atoms with Crippen LogP contribution in [-0.2, 0) is 11.3 Å². The lowest BCUT2D eigenvalue weighted by molar-refractivity contribution is -0.132. The van der Waals surface area contributed by atoms with E-state index in [1.54, 1.807) is 36.9 Å². The predicted octanol–water partition coefficient (Wildman–Crippen LogP) is 2.45. The average molecular weight is 424 g/mol. The highest BCUT2D eigenvalue weighted by atomic mass is 19.1. The maximum atomic E-state index is 13.6. The minimum atomic E-state index is -0.241. The quantitative estimate of drug-likeness (QED) is 0.626. The van der Waals surface area contributed by atoms with Gasteiger partial charge in [-0.05, 0) is 43.7 Å². The van der Waals surface area contributed by atoms with Gasteiger partial charge in [-0.25, -0.2) is 14.4 Å². The lowest BCUT2D eigenvalue weighted by Gasteiger charge is -2.35. The third-order valence-corrected chi connectivity index (χ3v) is 5.51. The van der Waals surface area contributed by atoms with Gasteiger partial charge in [0.2, 0.25) is 11.8 Å². The van der Waals surface area contributed by atoms with E-state index in [0.717, 1.165) is 22.8 Å². The number of aryl methyl sites for hydroxylation is 2. The molecule has 1 aliphatic heterocycles. The Morgan fingerprint density at radius 1 is 1.10 bits per heavy atom. The number of halogens is 1. The number of rotatable bonds is 5. The fourth-order valence-electron chi connectivity index (χ4n) is 3.64. The number of piperazine rings is 1. The molecule has 0 spiro atoms. The van der Waals surface area contributed by atoms with Crippen LogP contribution >= 0.6 is 0 Å². The van der Waals surface area contributed by atoms with Crippen molar-refractivity contribution in [1.82, 2.24) is 24.6 Å². The normalized spacial score (nSPS) is 14.1. The van der Waals surface area contributed by atoms with Crippen LogP contribution in [0.4, 0.5) is 10.2 Å². The van der Waals surface area contributed by atoms with Gasteiger partial charge in [0.05, 0.1) is 12.8 Å². The van der Waals surface area contributed by atoms with Gasteiger partial charge in [-0.1, -0.05) is 0 Å². The number of methoxy groups -OCH3 is 1. The number of amides is 1. The van der Waals surface area contributed by atoms with Gasteiger partial charge in [-0.2, -0.15) is 5.10 Å². The standard InChI is InChI=1S/C22H25FN6O2/c1-15-10-17(4-5-18(15)23)19-11-16(2)29(26-19)13-22(30)28-8-6-27(7-9-28)20-12-21(31-3)25-14-24-20/h4-5,10-12,14H,6-9,13H2,1-3H3. The molecular formula is C22H25FN6O2. The Balaban J connectivity index is 1.39. The van der Waals surface area contributed by atoms with Crippen molar-refractivity contribution in [2.75, 3.05) is 38.2 Å². The fraction of sp³-hybridized carbons (Fsp3) is 0.364. The summed E-state index contributed by atoms with van der Waals surface area (Å²) in [5, 5.41) is 4.57. The minimum absolute atomic E-state index is 0.0213. The number of hydrogen-bond donors (Lipinski definition) is 0. The Morgan fingerprint density at radius 3 is 2.58 bits per heavy atom. The first kappa shape index (κ1) is 20.8. The Morgan fingerprint density at radius 2 is 1.87 bits per heavy atom. The van der Waals surface area contributed by atoms with Crippen LogP contribution in [-0.4, -0.2) is 63.8 Å². The summed E-state index contributed by atoms with van der Waals surface area (Å²) in [5.74, 6) is 1.09. The zero-order valence-corrected chi connectivity index (χ0v) is 17.9. The van der Waals surface area contributed by atoms with Crippen molar-refractivity contribution < 1.29 is 13.9 Å². The van der Waals surface area contributed by atoms with Gasteiger partial charge in [0.1, 0.15) is 24.5 Å². The zero-order valence-electron chi connectivity index (χ0n) is 17.9. The molecule has 1 fully saturated rings. The molecule has 0 atom stereocenters. The van der Waals surface area contributed by atoms with Crippen molar-refractivity contribution in [1.29, 1.82) is 0 Å². The summed E-state index contributed by atoms with van der Waals surface area (Å²) in [7, 11) is 1.57. The molecule has 1 aromatic carbocycles. The van der Waals surface area contributed by atoms with Gasteiger partial charge in [-0.15, -0.1) is 0 Å². The lowest BCUT2D eigenvalue weighted by atomic mass is 10.1. The van der Waals surface area contributed by atoms with E-state index in [9.17, 15) is 9.18 Å². The van der Waals surface area contributed by atoms with Gasteiger partial charge in [0.15, 0.2) is 0 Å². The largest absolute Gasteiger partial charge is 0.481 e. The van der Waals surface area contributed by atoms with Crippen molar-refractivity contribution in [2.45, 2.75) is 20.4 Å². The number of ether oxygens (including phenoxy) is 1. The van der Waals surface area contributed by atoms with Crippen molar-refractivity contribution in [3.63, 3.8) is 0 Å². The number of nitrogens with zero attached hydrogens (tertiary/aromatic N) is 6. The van der Waals surface area contributed by atoms with E-state index >= 15 is 0 Å². The highest BCUT2D eigenvalue weighted by molar-refractivity contribution is 5.76. The first-order chi connectivity index (χ1) is 14.9. The molecule has 0 N–H and O–H groups in total. The van der Waals surface area contributed by atoms with Gasteiger partial charge < -0.3 is 14.5 Å². The fourth-order valence-corrected chi connectivity index (χ4v) is 3.64. The molecule has 1 amide bonds. The molecule has 8 nitrogen and oxygen atoms in total. The Kier molecular flexibility index (Phi) is 5.83. The highest BCUT2D eigenvalue weighted by Crippen LogP contribution is 2.22. The summed E-state index contributed by atoms with van der Waals surface area (Å²) in [4.78, 5) is 25.1. The van der Waals surface area contributed by atoms with E-state index in [4.69, 9.17) is 4.74 Å². The van der Waals surface area contributed by atoms with Crippen molar-refractivity contribution in [3.8, 4) is 17.1 Å². The summed E-state index contributed by atoms with van der Waals surface area (Å²) in [5.41, 5.74) is 3.02. The topological polar surface area (TPSA) is 76.4 Å². The summed E-state index contributed by atoms with van der Waals surface area (Å²) in [6.45, 7) is 6.40. The van der Waals surface area contributed by atoms with Crippen LogP contribution in [0.5, 0.6) is 5.88 Å². The van der Waals surface area contributed by atoms with E-state index < -0.39 is 0 Å². The van der Waals surface area contributed by atoms with Crippen LogP contribution in [0, 0.1) is 19.7 Å². The Labute approximate surface area is 180 Å². The van der Waals surface area contributed by atoms with Crippen LogP contribution in [0.15, 0.2) is 36.7 Å². The van der Waals surface area contributed by atoms with Gasteiger partial charge in [-0.3, -0.25) is 9.48 Å². The SMILES string of the molecule is COc1cc(N2CCN(C(=O)Cn3nc(-c4ccc(F)c(C)c4)cc3C)CC2)ncn1. The second kappa shape index (κ2) is 8.71. The van der Waals surface area contributed by atoms with Crippen molar-refractivity contribution in [3.05, 3.63) is 53.7 Å². The average Bonchev–Trinajstić information content (AvgIpc) is 3.15. The van der Waals surface area contributed by atoms with E-state index in [0.29, 0.717) is 37.6 Å². The molecule has 3 aromatic rings. The molecule has 9 heteroatoms. The highest BCUT2D eigenvalue weighted by Gasteiger charge is 2.23. The monoisotopic (exact) mass is 424 g/mol. The van der Waals surface area contributed by atoms with Crippen LogP contribution in [0.3, 0.4) is 0 Å². The van der Waals surface area contributed by atoms with Crippen LogP contribution < -0.4 is 9.64 Å². The Hall–Kier alpha value is -3.49. The first-order valence-electron chi connectivity index (χ1n) is 10.1. The van der Waals surface area contributed by atoms with Crippen LogP contribution in [0.25, 0.3) is 11.3 Å². The van der Waals surface area contributed by atoms with Crippen LogP contribution in [0.2, 0.25) is 0 Å². The Bertz CT molecular complexity index is 1090. The molecule has 0 radical (unpaired) electrons. The molecule has 3 heterocycles. The van der Waals surface area contributed by atoms with Gasteiger partial charge >= 0.3 is 0 Å². The number of anilines is 1. The predicted molar refractivity (Wildman–Crippen MR) is 114 cm³/mol. The van der Waals surface area contributed by atoms with Gasteiger partial charge in [0.25, 0.3) is 0 Å². The van der Waals surface area contributed by atoms with Gasteiger partial charge in [0, 0.05) is 43.5 Å². The third-order valence-electron chi connectivity index (χ3n) is 5.51. The molecule has 0 aliphatic carbocycles. The number of carbonyl (C=O) groups excluding carboxylic acids is 1. The second-order valence-corrected chi connectivity index (χ2v) is 7.58. The number of hydrogen-bond acceptors (Lipinski definition) is 6. The van der Waals surface area contributed by atoms with E-state index in [1.165, 1.54) is 12.4 Å². The molecule has 0 saturated carbocycles. The maximum absolute atomic E-state index is 13.6. The lowest BCUT2D eigenvalue weighted by Crippen LogP contribution is -2.50. The maximum Gasteiger partial charge on any atom is 0.244 e. The molecule has 2 aromatic heterocycles. The molecule has 0 unspecified atom stereocenters. The van der Waals surface area contributed by atoms with Crippen LogP contribution in [0.1, 0.15) is 11.3 Å². The summed E-state index contributed by atoms with van der Waals surface area (Å²) in [6.07, 6.45) is 1.48. The molecule has 0 bridgehead atoms. The number of benzene rings is 1. The minimum Gasteiger partial charge on any atom is -0.481 e. The third kappa shape index (κ3) is 4.50. The molecule has 4 rings (SSSR count). The molecule has 1 saturated heterocycles. The second-order valence-electron chi connectivity index (χ2n) is 7.58. The van der Waals surface area contributed by atoms with Crippen molar-refractivity contribution >= 4 is 11.7 Å². The summed E-state index contributed by atoms with van der Waals surface area (Å²) >= 11 is 0. The van der Waals surface area contributed by atoms with E-state index in [2.05, 4.69) is 20.0 Å². The summed E-state index contributed by atoms with van der Waals surface area (Å²) < 4.78 is 20.4.